The zero-order valence-corrected chi connectivity index (χ0v) is 47.3. The van der Waals surface area contributed by atoms with Gasteiger partial charge in [0.25, 0.3) is 0 Å². The largest absolute Gasteiger partial charge is 0.309 e. The zero-order valence-electron chi connectivity index (χ0n) is 25.4. The molecule has 1 nitrogen and oxygen atoms in total. The molecule has 0 unspecified atom stereocenters. The molecule has 4 rings (SSSR count). The van der Waals surface area contributed by atoms with E-state index in [-0.39, 0.29) is 1180 Å². The Morgan fingerprint density at radius 1 is 0.236 bits per heavy atom. The molecule has 4 aromatic rings. The second kappa shape index (κ2) is 159. The number of rotatable bonds is 1. The van der Waals surface area contributed by atoms with E-state index in [1.807, 2.05) is 27.7 Å². The molecule has 1 aromatic heterocycles. The Morgan fingerprint density at radius 3 is 0.600 bits per heavy atom. The van der Waals surface area contributed by atoms with Crippen LogP contribution in [0.15, 0.2) is 78.9 Å². The van der Waals surface area contributed by atoms with E-state index in [9.17, 15) is 0 Å². The molecule has 0 spiro atoms. The summed E-state index contributed by atoms with van der Waals surface area (Å²) in [5.41, 5.74) is 3.73. The molecule has 0 saturated heterocycles. The summed E-state index contributed by atoms with van der Waals surface area (Å²) < 4.78 is 2.32. The molecule has 0 aliphatic carbocycles. The minimum Gasteiger partial charge on any atom is -0.309 e. The topological polar surface area (TPSA) is 4.93 Å². The molecule has 0 bridgehead atoms. The minimum absolute atomic E-state index is 0. The Morgan fingerprint density at radius 2 is 0.400 bits per heavy atom. The molecule has 0 amide bonds. The number of fused-ring (bicyclic) bond motifs is 3. The summed E-state index contributed by atoms with van der Waals surface area (Å²) in [7, 11) is 0. The van der Waals surface area contributed by atoms with Crippen molar-refractivity contribution in [1.29, 1.82) is 0 Å². The molecule has 0 N–H and O–H groups in total. The first-order valence-corrected chi connectivity index (χ1v) is 8.49. The molecular weight excluding hydrogens is 1530 g/mol. The summed E-state index contributed by atoms with van der Waals surface area (Å²) in [6.45, 7) is 8.00. The normalized spacial score (nSPS) is 4.07. The van der Waals surface area contributed by atoms with Crippen molar-refractivity contribution < 1.29 is 1170 Å². The van der Waals surface area contributed by atoms with Gasteiger partial charge in [-0.1, -0.05) is 89.7 Å². The SMILES string of the molecule is C.CC.CC.[Ar].[Ar].[Ar].[Ar].[Ar].[Ar].[Ar].[Ar].[Ar].[Ar].[Ar].[Ar].[Ar].[Ar].[Ar].[Ar].[Ar].[Ar].[Ar].[Ar].[Ar].[Ar].[Ar].[Ar].[Ar].[Ar].[Ar].[Ar].[Ar].[Ar].[Ar].c1ccc(-n2c3ccccc3c3ccccc32)cc1. The second-order valence-electron chi connectivity index (χ2n) is 4.71. The van der Waals surface area contributed by atoms with Gasteiger partial charge in [0.15, 0.2) is 0 Å². The third-order valence-electron chi connectivity index (χ3n) is 3.59. The summed E-state index contributed by atoms with van der Waals surface area (Å²) in [4.78, 5) is 0. The second-order valence-corrected chi connectivity index (χ2v) is 4.71. The van der Waals surface area contributed by atoms with Gasteiger partial charge < -0.3 is 4.57 Å². The smallest absolute Gasteiger partial charge is 0.0541 e. The molecule has 55 heavy (non-hydrogen) atoms. The number of hydrogen-bond acceptors (Lipinski definition) is 0. The Bertz CT molecular complexity index is 858. The van der Waals surface area contributed by atoms with E-state index in [0.717, 1.165) is 0 Å². The van der Waals surface area contributed by atoms with Crippen molar-refractivity contribution in [3.63, 3.8) is 0 Å². The Labute approximate surface area is 1270 Å². The molecule has 3 aromatic carbocycles. The van der Waals surface area contributed by atoms with Gasteiger partial charge in [0.1, 0.15) is 0 Å². The monoisotopic (exact) mass is 1560 g/mol. The third kappa shape index (κ3) is 104. The molecule has 0 aliphatic heterocycles. The van der Waals surface area contributed by atoms with E-state index in [2.05, 4.69) is 83.4 Å². The summed E-state index contributed by atoms with van der Waals surface area (Å²) in [6, 6.07) is 27.7. The molecule has 374 valence electrons. The molecule has 32 heteroatoms. The number of aromatic nitrogens is 1. The summed E-state index contributed by atoms with van der Waals surface area (Å²) >= 11 is 0. The number of hydrogen-bond donors (Lipinski definition) is 0. The van der Waals surface area contributed by atoms with E-state index in [1.165, 1.54) is 27.5 Å². The van der Waals surface area contributed by atoms with Crippen LogP contribution in [-0.4, -0.2) is 4.57 Å². The summed E-state index contributed by atoms with van der Waals surface area (Å²) in [5, 5.41) is 2.61. The molecule has 0 saturated carbocycles. The van der Waals surface area contributed by atoms with Gasteiger partial charge in [-0.2, -0.15) is 0 Å². The van der Waals surface area contributed by atoms with Crippen LogP contribution in [0.3, 0.4) is 0 Å². The summed E-state index contributed by atoms with van der Waals surface area (Å²) in [6.07, 6.45) is 0. The van der Waals surface area contributed by atoms with Gasteiger partial charge in [0.05, 0.1) is 11.0 Å². The van der Waals surface area contributed by atoms with Crippen LogP contribution in [0.5, 0.6) is 0 Å². The van der Waals surface area contributed by atoms with Gasteiger partial charge in [-0.3, -0.25) is 0 Å². The van der Waals surface area contributed by atoms with Gasteiger partial charge in [0, 0.05) is 1190 Å². The van der Waals surface area contributed by atoms with Gasteiger partial charge in [-0.25, -0.2) is 0 Å². The van der Waals surface area contributed by atoms with Gasteiger partial charge >= 0.3 is 0 Å². The fourth-order valence-electron chi connectivity index (χ4n) is 2.78. The van der Waals surface area contributed by atoms with Crippen LogP contribution in [0.1, 0.15) is 35.1 Å². The van der Waals surface area contributed by atoms with Crippen molar-refractivity contribution in [1.82, 2.24) is 4.57 Å². The maximum Gasteiger partial charge on any atom is 0.0541 e. The molecule has 0 fully saturated rings. The van der Waals surface area contributed by atoms with Gasteiger partial charge in [-0.05, 0) is 24.3 Å². The molecular formula is C23H29Ar31N. The standard InChI is InChI=1S/C18H13N.2C2H6.CH4.31Ar/c1-2-8-14(9-3-1)19-17-12-6-4-10-15(17)16-11-5-7-13-18(16)19;2*1-2;;;;;;;;;;;;;;;;;;;;;;;;;;;;;;;;/h1-13H;2*1-2H3;1H4;;;;;;;;;;;;;;;;;;;;;;;;;;;;;;;. The Hall–Kier alpha value is 36.5. The van der Waals surface area contributed by atoms with Crippen LogP contribution in [0.25, 0.3) is 27.5 Å². The maximum atomic E-state index is 2.32. The van der Waals surface area contributed by atoms with Crippen LogP contribution in [-0.2, 0) is 0 Å². The number of nitrogens with zero attached hydrogens (tertiary/aromatic N) is 1. The number of para-hydroxylation sites is 3. The van der Waals surface area contributed by atoms with E-state index in [0.29, 0.717) is 0 Å². The average molecular weight is 1560 g/mol. The quantitative estimate of drug-likeness (QED) is 0.187. The zero-order chi connectivity index (χ0) is 16.7. The van der Waals surface area contributed by atoms with Crippen molar-refractivity contribution in [3.8, 4) is 5.69 Å². The van der Waals surface area contributed by atoms with Crippen LogP contribution in [0, 0.1) is 1170 Å². The Balaban J connectivity index is -0.00000000537. The fourth-order valence-corrected chi connectivity index (χ4v) is 2.78. The average Bonchev–Trinajstić information content (AvgIpc) is 3.00. The predicted octanol–water partition coefficient (Wildman–Crippen LogP) is 7.47. The van der Waals surface area contributed by atoms with Crippen LogP contribution in [0.4, 0.5) is 0 Å². The van der Waals surface area contributed by atoms with E-state index in [4.69, 9.17) is 0 Å². The van der Waals surface area contributed by atoms with E-state index in [1.54, 1.807) is 0 Å². The maximum absolute atomic E-state index is 2.32. The van der Waals surface area contributed by atoms with Crippen molar-refractivity contribution >= 4 is 21.8 Å². The van der Waals surface area contributed by atoms with Crippen LogP contribution in [0.2, 0.25) is 0 Å². The first kappa shape index (κ1) is 205. The van der Waals surface area contributed by atoms with Gasteiger partial charge in [0.2, 0.25) is 0 Å². The molecule has 0 atom stereocenters. The van der Waals surface area contributed by atoms with Gasteiger partial charge in [-0.15, -0.1) is 0 Å². The van der Waals surface area contributed by atoms with Crippen LogP contribution < -0.4 is 0 Å². The van der Waals surface area contributed by atoms with Crippen LogP contribution >= 0.6 is 0 Å². The molecule has 0 radical (unpaired) electrons. The van der Waals surface area contributed by atoms with Crippen molar-refractivity contribution in [2.75, 3.05) is 0 Å². The molecule has 1 heterocycles. The summed E-state index contributed by atoms with van der Waals surface area (Å²) in [5.74, 6) is 0. The number of benzene rings is 3. The fraction of sp³-hybridized carbons (Fsp3) is 0.217. The first-order chi connectivity index (χ1) is 11.4. The van der Waals surface area contributed by atoms with E-state index >= 15 is 0 Å². The third-order valence-corrected chi connectivity index (χ3v) is 3.59. The van der Waals surface area contributed by atoms with Crippen molar-refractivity contribution in [2.45, 2.75) is 35.1 Å². The minimum atomic E-state index is 0. The van der Waals surface area contributed by atoms with Crippen molar-refractivity contribution in [2.24, 2.45) is 0 Å². The molecule has 0 aliphatic rings. The Kier molecular flexibility index (Phi) is 592. The first-order valence-electron chi connectivity index (χ1n) is 8.49. The van der Waals surface area contributed by atoms with Crippen molar-refractivity contribution in [3.05, 3.63) is 78.9 Å². The van der Waals surface area contributed by atoms with E-state index < -0.39 is 0 Å². The predicted molar refractivity (Wildman–Crippen MR) is 110 cm³/mol.